The van der Waals surface area contributed by atoms with Gasteiger partial charge in [0.2, 0.25) is 5.91 Å². The zero-order valence-corrected chi connectivity index (χ0v) is 6.16. The van der Waals surface area contributed by atoms with Crippen molar-refractivity contribution < 1.29 is 4.79 Å². The summed E-state index contributed by atoms with van der Waals surface area (Å²) in [6.07, 6.45) is 3.41. The molecule has 0 spiro atoms. The fourth-order valence-corrected chi connectivity index (χ4v) is 1.25. The number of carbonyl (C=O) groups is 1. The van der Waals surface area contributed by atoms with Crippen LogP contribution in [0.5, 0.6) is 0 Å². The van der Waals surface area contributed by atoms with Crippen molar-refractivity contribution in [2.24, 2.45) is 0 Å². The highest BCUT2D eigenvalue weighted by atomic mass is 16.2. The minimum Gasteiger partial charge on any atom is -0.325 e. The summed E-state index contributed by atoms with van der Waals surface area (Å²) in [4.78, 5) is 15.0. The monoisotopic (exact) mass is 148 g/mol. The lowest BCUT2D eigenvalue weighted by molar-refractivity contribution is -0.116. The number of aromatic nitrogens is 1. The number of carbonyl (C=O) groups excluding carboxylic acids is 1. The van der Waals surface area contributed by atoms with E-state index in [-0.39, 0.29) is 11.8 Å². The Kier molecular flexibility index (Phi) is 1.18. The van der Waals surface area contributed by atoms with Crippen LogP contribution in [-0.4, -0.2) is 10.9 Å². The van der Waals surface area contributed by atoms with Crippen molar-refractivity contribution in [3.8, 4) is 0 Å². The summed E-state index contributed by atoms with van der Waals surface area (Å²) in [7, 11) is 0. The van der Waals surface area contributed by atoms with Crippen LogP contribution in [0.25, 0.3) is 0 Å². The van der Waals surface area contributed by atoms with E-state index in [0.29, 0.717) is 0 Å². The molecule has 0 saturated carbocycles. The highest BCUT2D eigenvalue weighted by Gasteiger charge is 2.25. The Balaban J connectivity index is 2.55. The molecule has 3 heteroatoms. The third-order valence-corrected chi connectivity index (χ3v) is 1.97. The van der Waals surface area contributed by atoms with Gasteiger partial charge >= 0.3 is 0 Å². The Morgan fingerprint density at radius 3 is 3.18 bits per heavy atom. The normalized spacial score (nSPS) is 21.2. The predicted octanol–water partition coefficient (Wildman–Crippen LogP) is 1.14. The largest absolute Gasteiger partial charge is 0.325 e. The van der Waals surface area contributed by atoms with Crippen LogP contribution in [0.15, 0.2) is 18.5 Å². The van der Waals surface area contributed by atoms with Crippen molar-refractivity contribution in [3.63, 3.8) is 0 Å². The molecule has 3 nitrogen and oxygen atoms in total. The van der Waals surface area contributed by atoms with Gasteiger partial charge in [-0.15, -0.1) is 0 Å². The fraction of sp³-hybridized carbons (Fsp3) is 0.250. The summed E-state index contributed by atoms with van der Waals surface area (Å²) in [6, 6.07) is 1.82. The van der Waals surface area contributed by atoms with Crippen LogP contribution >= 0.6 is 0 Å². The molecule has 1 aliphatic heterocycles. The standard InChI is InChI=1S/C8H8N2O/c1-5-6-4-9-3-2-7(6)10-8(5)11/h2-5H,1H3,(H,10,11). The molecule has 1 unspecified atom stereocenters. The molecular weight excluding hydrogens is 140 g/mol. The van der Waals surface area contributed by atoms with Crippen molar-refractivity contribution >= 4 is 11.6 Å². The van der Waals surface area contributed by atoms with Crippen molar-refractivity contribution in [2.75, 3.05) is 5.32 Å². The Bertz CT molecular complexity index is 309. The number of nitrogens with zero attached hydrogens (tertiary/aromatic N) is 1. The molecular formula is C8H8N2O. The SMILES string of the molecule is CC1C(=O)Nc2ccncc21. The smallest absolute Gasteiger partial charge is 0.231 e. The maximum atomic E-state index is 11.1. The lowest BCUT2D eigenvalue weighted by Crippen LogP contribution is -2.08. The third-order valence-electron chi connectivity index (χ3n) is 1.97. The molecule has 1 N–H and O–H groups in total. The summed E-state index contributed by atoms with van der Waals surface area (Å²) >= 11 is 0. The molecule has 0 radical (unpaired) electrons. The molecule has 0 fully saturated rings. The lowest BCUT2D eigenvalue weighted by atomic mass is 10.1. The number of pyridine rings is 1. The van der Waals surface area contributed by atoms with Gasteiger partial charge in [-0.1, -0.05) is 0 Å². The Hall–Kier alpha value is -1.38. The molecule has 0 aromatic carbocycles. The van der Waals surface area contributed by atoms with Crippen molar-refractivity contribution in [3.05, 3.63) is 24.0 Å². The molecule has 1 atom stereocenters. The third kappa shape index (κ3) is 0.808. The highest BCUT2D eigenvalue weighted by Crippen LogP contribution is 2.30. The first-order valence-electron chi connectivity index (χ1n) is 3.54. The maximum Gasteiger partial charge on any atom is 0.231 e. The van der Waals surface area contributed by atoms with Crippen molar-refractivity contribution in [2.45, 2.75) is 12.8 Å². The van der Waals surface area contributed by atoms with Gasteiger partial charge in [0.05, 0.1) is 5.92 Å². The van der Waals surface area contributed by atoms with Crippen molar-refractivity contribution in [1.29, 1.82) is 0 Å². The summed E-state index contributed by atoms with van der Waals surface area (Å²) in [5.74, 6) is 0.0201. The van der Waals surface area contributed by atoms with Crippen molar-refractivity contribution in [1.82, 2.24) is 4.98 Å². The Morgan fingerprint density at radius 2 is 2.45 bits per heavy atom. The molecule has 0 saturated heterocycles. The van der Waals surface area contributed by atoms with E-state index in [1.165, 1.54) is 0 Å². The summed E-state index contributed by atoms with van der Waals surface area (Å²) in [5, 5.41) is 2.77. The van der Waals surface area contributed by atoms with Crippen LogP contribution in [0.3, 0.4) is 0 Å². The molecule has 0 bridgehead atoms. The van der Waals surface area contributed by atoms with Gasteiger partial charge in [0.1, 0.15) is 0 Å². The van der Waals surface area contributed by atoms with Gasteiger partial charge in [-0.2, -0.15) is 0 Å². The van der Waals surface area contributed by atoms with Crippen LogP contribution in [0.1, 0.15) is 18.4 Å². The number of rotatable bonds is 0. The predicted molar refractivity (Wildman–Crippen MR) is 41.3 cm³/mol. The van der Waals surface area contributed by atoms with Gasteiger partial charge in [0.25, 0.3) is 0 Å². The van der Waals surface area contributed by atoms with Gasteiger partial charge in [-0.3, -0.25) is 9.78 Å². The van der Waals surface area contributed by atoms with Crippen LogP contribution in [-0.2, 0) is 4.79 Å². The number of amides is 1. The van der Waals surface area contributed by atoms with Gasteiger partial charge in [0.15, 0.2) is 0 Å². The molecule has 56 valence electrons. The number of fused-ring (bicyclic) bond motifs is 1. The second-order valence-corrected chi connectivity index (χ2v) is 2.67. The van der Waals surface area contributed by atoms with E-state index in [0.717, 1.165) is 11.3 Å². The first-order valence-corrected chi connectivity index (χ1v) is 3.54. The van der Waals surface area contributed by atoms with Gasteiger partial charge < -0.3 is 5.32 Å². The number of anilines is 1. The molecule has 1 aromatic rings. The summed E-state index contributed by atoms with van der Waals surface area (Å²) in [5.41, 5.74) is 1.90. The average molecular weight is 148 g/mol. The van der Waals surface area contributed by atoms with E-state index in [1.54, 1.807) is 12.4 Å². The van der Waals surface area contributed by atoms with Gasteiger partial charge in [-0.05, 0) is 13.0 Å². The minimum atomic E-state index is -0.0429. The molecule has 1 aromatic heterocycles. The topological polar surface area (TPSA) is 42.0 Å². The second-order valence-electron chi connectivity index (χ2n) is 2.67. The zero-order chi connectivity index (χ0) is 7.84. The summed E-state index contributed by atoms with van der Waals surface area (Å²) < 4.78 is 0. The minimum absolute atomic E-state index is 0.0429. The molecule has 0 aliphatic carbocycles. The van der Waals surface area contributed by atoms with Crippen LogP contribution in [0.2, 0.25) is 0 Å². The van der Waals surface area contributed by atoms with E-state index in [9.17, 15) is 4.79 Å². The summed E-state index contributed by atoms with van der Waals surface area (Å²) in [6.45, 7) is 1.88. The van der Waals surface area contributed by atoms with E-state index in [2.05, 4.69) is 10.3 Å². The number of hydrogen-bond donors (Lipinski definition) is 1. The average Bonchev–Trinajstić information content (AvgIpc) is 2.30. The first-order chi connectivity index (χ1) is 5.29. The first kappa shape index (κ1) is 6.34. The number of hydrogen-bond acceptors (Lipinski definition) is 2. The van der Waals surface area contributed by atoms with E-state index in [4.69, 9.17) is 0 Å². The second kappa shape index (κ2) is 2.05. The molecule has 2 heterocycles. The van der Waals surface area contributed by atoms with Crippen LogP contribution < -0.4 is 5.32 Å². The van der Waals surface area contributed by atoms with E-state index >= 15 is 0 Å². The van der Waals surface area contributed by atoms with Crippen LogP contribution in [0, 0.1) is 0 Å². The Morgan fingerprint density at radius 1 is 1.64 bits per heavy atom. The fourth-order valence-electron chi connectivity index (χ4n) is 1.25. The quantitative estimate of drug-likeness (QED) is 0.599. The van der Waals surface area contributed by atoms with Crippen LogP contribution in [0.4, 0.5) is 5.69 Å². The van der Waals surface area contributed by atoms with E-state index < -0.39 is 0 Å². The lowest BCUT2D eigenvalue weighted by Gasteiger charge is -1.96. The molecule has 2 rings (SSSR count). The zero-order valence-electron chi connectivity index (χ0n) is 6.16. The molecule has 1 amide bonds. The van der Waals surface area contributed by atoms with Gasteiger partial charge in [-0.25, -0.2) is 0 Å². The Labute approximate surface area is 64.5 Å². The van der Waals surface area contributed by atoms with E-state index in [1.807, 2.05) is 13.0 Å². The molecule has 1 aliphatic rings. The molecule has 11 heavy (non-hydrogen) atoms. The van der Waals surface area contributed by atoms with Gasteiger partial charge in [0, 0.05) is 23.6 Å². The maximum absolute atomic E-state index is 11.1. The highest BCUT2D eigenvalue weighted by molar-refractivity contribution is 6.02. The number of nitrogens with one attached hydrogen (secondary N) is 1.